The molecule has 1 fully saturated rings. The van der Waals surface area contributed by atoms with Crippen molar-refractivity contribution in [2.45, 2.75) is 51.2 Å². The highest BCUT2D eigenvalue weighted by molar-refractivity contribution is 7.91. The number of carbonyl (C=O) groups excluding carboxylic acids is 1. The summed E-state index contributed by atoms with van der Waals surface area (Å²) in [4.78, 5) is 20.1. The van der Waals surface area contributed by atoms with Crippen LogP contribution in [-0.2, 0) is 27.5 Å². The molecule has 2 aliphatic heterocycles. The molecule has 2 aromatic rings. The van der Waals surface area contributed by atoms with E-state index in [9.17, 15) is 26.4 Å². The normalized spacial score (nSPS) is 19.2. The smallest absolute Gasteiger partial charge is 0.340 e. The third-order valence-corrected chi connectivity index (χ3v) is 8.79. The number of benzene rings is 1. The molecule has 0 unspecified atom stereocenters. The molecule has 0 radical (unpaired) electrons. The quantitative estimate of drug-likeness (QED) is 0.589. The SMILES string of the molecule is CCc1cncc2c1CCCN2c1ccc([C@H](N(C)C(=O)C2CCS(=O)(=O)CC2)C(F)(F)F)cc1. The minimum absolute atomic E-state index is 0.0294. The van der Waals surface area contributed by atoms with Gasteiger partial charge in [0, 0.05) is 31.4 Å². The Morgan fingerprint density at radius 1 is 1.17 bits per heavy atom. The van der Waals surface area contributed by atoms with Crippen LogP contribution < -0.4 is 4.90 Å². The number of aryl methyl sites for hydroxylation is 1. The van der Waals surface area contributed by atoms with Crippen LogP contribution in [0.1, 0.15) is 48.9 Å². The number of amides is 1. The fourth-order valence-electron chi connectivity index (χ4n) is 5.17. The predicted octanol–water partition coefficient (Wildman–Crippen LogP) is 4.61. The molecule has 1 aromatic carbocycles. The first-order valence-corrected chi connectivity index (χ1v) is 13.7. The first kappa shape index (κ1) is 25.5. The first-order valence-electron chi connectivity index (χ1n) is 11.9. The number of fused-ring (bicyclic) bond motifs is 1. The number of rotatable bonds is 5. The fourth-order valence-corrected chi connectivity index (χ4v) is 6.66. The summed E-state index contributed by atoms with van der Waals surface area (Å²) in [5.74, 6) is -1.74. The van der Waals surface area contributed by atoms with Gasteiger partial charge in [-0.15, -0.1) is 0 Å². The van der Waals surface area contributed by atoms with E-state index in [0.29, 0.717) is 0 Å². The van der Waals surface area contributed by atoms with E-state index in [0.717, 1.165) is 49.1 Å². The van der Waals surface area contributed by atoms with Gasteiger partial charge in [0.15, 0.2) is 6.04 Å². The second-order valence-electron chi connectivity index (χ2n) is 9.32. The van der Waals surface area contributed by atoms with Gasteiger partial charge < -0.3 is 9.80 Å². The summed E-state index contributed by atoms with van der Waals surface area (Å²) in [6.07, 6.45) is 1.85. The Morgan fingerprint density at radius 2 is 1.83 bits per heavy atom. The summed E-state index contributed by atoms with van der Waals surface area (Å²) >= 11 is 0. The van der Waals surface area contributed by atoms with Crippen molar-refractivity contribution in [3.63, 3.8) is 0 Å². The van der Waals surface area contributed by atoms with Crippen LogP contribution in [0.2, 0.25) is 0 Å². The highest BCUT2D eigenvalue weighted by Crippen LogP contribution is 2.40. The van der Waals surface area contributed by atoms with Gasteiger partial charge in [-0.3, -0.25) is 9.78 Å². The van der Waals surface area contributed by atoms with Crippen molar-refractivity contribution in [1.29, 1.82) is 0 Å². The lowest BCUT2D eigenvalue weighted by Gasteiger charge is -2.35. The van der Waals surface area contributed by atoms with E-state index in [4.69, 9.17) is 0 Å². The summed E-state index contributed by atoms with van der Waals surface area (Å²) in [6, 6.07) is 4.06. The van der Waals surface area contributed by atoms with Gasteiger partial charge in [-0.05, 0) is 60.9 Å². The van der Waals surface area contributed by atoms with Crippen molar-refractivity contribution in [3.8, 4) is 0 Å². The van der Waals surface area contributed by atoms with Crippen LogP contribution in [0.4, 0.5) is 24.5 Å². The minimum atomic E-state index is -4.68. The average Bonchev–Trinajstić information content (AvgIpc) is 2.82. The molecule has 0 saturated carbocycles. The number of aromatic nitrogens is 1. The Hall–Kier alpha value is -2.62. The van der Waals surface area contributed by atoms with Gasteiger partial charge in [-0.25, -0.2) is 8.42 Å². The van der Waals surface area contributed by atoms with Crippen LogP contribution in [0.5, 0.6) is 0 Å². The van der Waals surface area contributed by atoms with E-state index in [1.165, 1.54) is 23.3 Å². The predicted molar refractivity (Wildman–Crippen MR) is 128 cm³/mol. The molecule has 190 valence electrons. The number of halogens is 3. The standard InChI is InChI=1S/C25H30F3N3O3S/c1-3-17-15-29-16-22-21(17)5-4-12-31(22)20-8-6-18(7-9-20)23(25(26,27)28)30(2)24(32)19-10-13-35(33,34)14-11-19/h6-9,15-16,19,23H,3-5,10-14H2,1-2H3/t23-/m0/s1. The van der Waals surface area contributed by atoms with Crippen molar-refractivity contribution in [3.05, 3.63) is 53.3 Å². The zero-order valence-electron chi connectivity index (χ0n) is 19.9. The Bertz CT molecular complexity index is 1170. The van der Waals surface area contributed by atoms with Gasteiger partial charge >= 0.3 is 6.18 Å². The van der Waals surface area contributed by atoms with Crippen LogP contribution in [0.3, 0.4) is 0 Å². The van der Waals surface area contributed by atoms with Crippen molar-refractivity contribution >= 4 is 27.1 Å². The lowest BCUT2D eigenvalue weighted by atomic mass is 9.96. The maximum Gasteiger partial charge on any atom is 0.413 e. The molecular formula is C25H30F3N3O3S. The number of hydrogen-bond donors (Lipinski definition) is 0. The second kappa shape index (κ2) is 9.79. The Kier molecular flexibility index (Phi) is 7.13. The summed E-state index contributed by atoms with van der Waals surface area (Å²) < 4.78 is 65.7. The van der Waals surface area contributed by atoms with Gasteiger partial charge in [0.05, 0.1) is 23.4 Å². The molecule has 0 N–H and O–H groups in total. The lowest BCUT2D eigenvalue weighted by Crippen LogP contribution is -2.44. The Labute approximate surface area is 204 Å². The fraction of sp³-hybridized carbons (Fsp3) is 0.520. The molecule has 1 aromatic heterocycles. The number of alkyl halides is 3. The molecule has 0 spiro atoms. The van der Waals surface area contributed by atoms with Crippen molar-refractivity contribution in [2.24, 2.45) is 5.92 Å². The number of nitrogens with zero attached hydrogens (tertiary/aromatic N) is 3. The highest BCUT2D eigenvalue weighted by Gasteiger charge is 2.46. The largest absolute Gasteiger partial charge is 0.413 e. The molecule has 35 heavy (non-hydrogen) atoms. The molecular weight excluding hydrogens is 479 g/mol. The molecule has 4 rings (SSSR count). The van der Waals surface area contributed by atoms with Crippen molar-refractivity contribution in [1.82, 2.24) is 9.88 Å². The molecule has 10 heteroatoms. The molecule has 3 heterocycles. The monoisotopic (exact) mass is 509 g/mol. The third-order valence-electron chi connectivity index (χ3n) is 7.07. The molecule has 1 atom stereocenters. The van der Waals surface area contributed by atoms with E-state index in [2.05, 4.69) is 16.8 Å². The van der Waals surface area contributed by atoms with Crippen LogP contribution in [0, 0.1) is 5.92 Å². The molecule has 1 amide bonds. The maximum atomic E-state index is 14.1. The van der Waals surface area contributed by atoms with Crippen LogP contribution in [-0.4, -0.2) is 55.5 Å². The van der Waals surface area contributed by atoms with Crippen molar-refractivity contribution in [2.75, 3.05) is 30.0 Å². The molecule has 0 bridgehead atoms. The average molecular weight is 510 g/mol. The van der Waals surface area contributed by atoms with Gasteiger partial charge in [-0.2, -0.15) is 13.2 Å². The van der Waals surface area contributed by atoms with Crippen LogP contribution in [0.15, 0.2) is 36.7 Å². The van der Waals surface area contributed by atoms with E-state index in [-0.39, 0.29) is 29.9 Å². The Morgan fingerprint density at radius 3 is 2.43 bits per heavy atom. The summed E-state index contributed by atoms with van der Waals surface area (Å²) in [5, 5.41) is 0. The molecule has 6 nitrogen and oxygen atoms in total. The van der Waals surface area contributed by atoms with Crippen LogP contribution in [0.25, 0.3) is 0 Å². The zero-order chi connectivity index (χ0) is 25.4. The minimum Gasteiger partial charge on any atom is -0.340 e. The number of hydrogen-bond acceptors (Lipinski definition) is 5. The molecule has 1 saturated heterocycles. The third kappa shape index (κ3) is 5.32. The van der Waals surface area contributed by atoms with E-state index >= 15 is 0 Å². The maximum absolute atomic E-state index is 14.1. The number of sulfone groups is 1. The molecule has 2 aliphatic rings. The van der Waals surface area contributed by atoms with Gasteiger partial charge in [0.1, 0.15) is 9.84 Å². The van der Waals surface area contributed by atoms with Crippen LogP contribution >= 0.6 is 0 Å². The van der Waals surface area contributed by atoms with Gasteiger partial charge in [-0.1, -0.05) is 19.1 Å². The van der Waals surface area contributed by atoms with E-state index in [1.807, 2.05) is 6.20 Å². The summed E-state index contributed by atoms with van der Waals surface area (Å²) in [7, 11) is -2.07. The number of pyridine rings is 1. The Balaban J connectivity index is 1.58. The molecule has 0 aliphatic carbocycles. The van der Waals surface area contributed by atoms with E-state index in [1.54, 1.807) is 18.3 Å². The lowest BCUT2D eigenvalue weighted by molar-refractivity contribution is -0.190. The summed E-state index contributed by atoms with van der Waals surface area (Å²) in [5.41, 5.74) is 4.13. The number of anilines is 2. The second-order valence-corrected chi connectivity index (χ2v) is 11.6. The zero-order valence-corrected chi connectivity index (χ0v) is 20.7. The van der Waals surface area contributed by atoms with Crippen molar-refractivity contribution < 1.29 is 26.4 Å². The van der Waals surface area contributed by atoms with Gasteiger partial charge in [0.25, 0.3) is 0 Å². The topological polar surface area (TPSA) is 70.6 Å². The number of carbonyl (C=O) groups is 1. The first-order chi connectivity index (χ1) is 16.5. The van der Waals surface area contributed by atoms with Gasteiger partial charge in [0.2, 0.25) is 5.91 Å². The summed E-state index contributed by atoms with van der Waals surface area (Å²) in [6.45, 7) is 2.82. The highest BCUT2D eigenvalue weighted by atomic mass is 32.2. The van der Waals surface area contributed by atoms with E-state index < -0.39 is 33.9 Å².